The van der Waals surface area contributed by atoms with Crippen LogP contribution < -0.4 is 11.1 Å². The molecule has 5 heteroatoms. The van der Waals surface area contributed by atoms with Crippen molar-refractivity contribution in [3.05, 3.63) is 24.0 Å². The van der Waals surface area contributed by atoms with E-state index in [1.807, 2.05) is 12.1 Å². The van der Waals surface area contributed by atoms with Crippen molar-refractivity contribution in [1.29, 1.82) is 0 Å². The first-order valence-electron chi connectivity index (χ1n) is 6.37. The molecule has 0 radical (unpaired) electrons. The number of nitrogens with two attached hydrogens (primary N) is 1. The van der Waals surface area contributed by atoms with Crippen molar-refractivity contribution >= 4 is 22.9 Å². The van der Waals surface area contributed by atoms with Crippen LogP contribution in [0.5, 0.6) is 0 Å². The van der Waals surface area contributed by atoms with Crippen molar-refractivity contribution < 1.29 is 4.74 Å². The largest absolute Gasteiger partial charge is 0.388 e. The topological polar surface area (TPSA) is 60.2 Å². The van der Waals surface area contributed by atoms with Gasteiger partial charge in [-0.1, -0.05) is 25.1 Å². The second kappa shape index (κ2) is 6.66. The lowest BCUT2D eigenvalue weighted by molar-refractivity contribution is 0.0659. The van der Waals surface area contributed by atoms with Gasteiger partial charge in [0.2, 0.25) is 0 Å². The van der Waals surface area contributed by atoms with Gasteiger partial charge in [0.15, 0.2) is 0 Å². The van der Waals surface area contributed by atoms with Gasteiger partial charge in [-0.05, 0) is 25.0 Å². The molecule has 1 fully saturated rings. The highest BCUT2D eigenvalue weighted by Gasteiger charge is 2.14. The molecule has 0 unspecified atom stereocenters. The molecule has 0 spiro atoms. The first-order valence-corrected chi connectivity index (χ1v) is 6.78. The van der Waals surface area contributed by atoms with E-state index in [0.29, 0.717) is 16.8 Å². The number of nitrogens with one attached hydrogen (secondary N) is 1. The first-order chi connectivity index (χ1) is 8.75. The quantitative estimate of drug-likeness (QED) is 0.609. The molecule has 1 aliphatic carbocycles. The van der Waals surface area contributed by atoms with Crippen molar-refractivity contribution in [1.82, 2.24) is 4.98 Å². The van der Waals surface area contributed by atoms with Crippen LogP contribution in [0.3, 0.4) is 0 Å². The van der Waals surface area contributed by atoms with Crippen molar-refractivity contribution in [3.63, 3.8) is 0 Å². The second-order valence-corrected chi connectivity index (χ2v) is 4.94. The van der Waals surface area contributed by atoms with Gasteiger partial charge in [0.05, 0.1) is 18.4 Å². The summed E-state index contributed by atoms with van der Waals surface area (Å²) in [5.41, 5.74) is 7.16. The molecule has 1 saturated carbocycles. The number of thiocarbonyl (C=S) groups is 1. The predicted molar refractivity (Wildman–Crippen MR) is 76.8 cm³/mol. The van der Waals surface area contributed by atoms with Crippen LogP contribution in [-0.2, 0) is 4.74 Å². The minimum absolute atomic E-state index is 0.320. The monoisotopic (exact) mass is 265 g/mol. The van der Waals surface area contributed by atoms with Crippen LogP contribution in [0, 0.1) is 0 Å². The highest BCUT2D eigenvalue weighted by molar-refractivity contribution is 7.80. The lowest BCUT2D eigenvalue weighted by Crippen LogP contribution is -2.16. The molecule has 0 atom stereocenters. The van der Waals surface area contributed by atoms with E-state index in [4.69, 9.17) is 22.7 Å². The lowest BCUT2D eigenvalue weighted by Gasteiger charge is -2.12. The number of anilines is 1. The molecule has 0 amide bonds. The van der Waals surface area contributed by atoms with Crippen molar-refractivity contribution in [2.45, 2.75) is 31.8 Å². The van der Waals surface area contributed by atoms with E-state index < -0.39 is 0 Å². The Morgan fingerprint density at radius 3 is 3.00 bits per heavy atom. The van der Waals surface area contributed by atoms with E-state index in [2.05, 4.69) is 10.3 Å². The molecule has 0 aliphatic heterocycles. The minimum atomic E-state index is 0.320. The van der Waals surface area contributed by atoms with Crippen LogP contribution in [0.2, 0.25) is 0 Å². The molecule has 1 aromatic rings. The summed E-state index contributed by atoms with van der Waals surface area (Å²) in [6.07, 6.45) is 7.20. The Balaban J connectivity index is 1.72. The minimum Gasteiger partial charge on any atom is -0.388 e. The third-order valence-electron chi connectivity index (χ3n) is 3.10. The number of aromatic nitrogens is 1. The molecule has 3 N–H and O–H groups in total. The van der Waals surface area contributed by atoms with E-state index in [1.54, 1.807) is 6.20 Å². The van der Waals surface area contributed by atoms with Crippen LogP contribution in [0.4, 0.5) is 5.69 Å². The standard InChI is InChI=1S/C13H19N3OS/c14-13(18)12-9-10(5-6-16-12)15-7-8-17-11-3-1-2-4-11/h5-6,9,11H,1-4,7-8H2,(H2,14,18)(H,15,16). The average molecular weight is 265 g/mol. The molecular weight excluding hydrogens is 246 g/mol. The third-order valence-corrected chi connectivity index (χ3v) is 3.31. The fraction of sp³-hybridized carbons (Fsp3) is 0.538. The van der Waals surface area contributed by atoms with Gasteiger partial charge in [0.1, 0.15) is 4.99 Å². The number of nitrogens with zero attached hydrogens (tertiary/aromatic N) is 1. The van der Waals surface area contributed by atoms with E-state index in [1.165, 1.54) is 25.7 Å². The summed E-state index contributed by atoms with van der Waals surface area (Å²) < 4.78 is 5.77. The van der Waals surface area contributed by atoms with Crippen molar-refractivity contribution in [2.24, 2.45) is 5.73 Å². The zero-order chi connectivity index (χ0) is 12.8. The van der Waals surface area contributed by atoms with Crippen LogP contribution in [0.25, 0.3) is 0 Å². The number of rotatable bonds is 6. The van der Waals surface area contributed by atoms with Crippen molar-refractivity contribution in [3.8, 4) is 0 Å². The Kier molecular flexibility index (Phi) is 4.90. The Labute approximate surface area is 113 Å². The van der Waals surface area contributed by atoms with Gasteiger partial charge >= 0.3 is 0 Å². The van der Waals surface area contributed by atoms with Gasteiger partial charge in [0.25, 0.3) is 0 Å². The molecule has 1 aromatic heterocycles. The Bertz CT molecular complexity index is 405. The van der Waals surface area contributed by atoms with E-state index in [-0.39, 0.29) is 0 Å². The maximum absolute atomic E-state index is 5.77. The van der Waals surface area contributed by atoms with E-state index in [0.717, 1.165) is 18.8 Å². The van der Waals surface area contributed by atoms with Gasteiger partial charge in [0, 0.05) is 18.4 Å². The maximum Gasteiger partial charge on any atom is 0.122 e. The fourth-order valence-corrected chi connectivity index (χ4v) is 2.26. The van der Waals surface area contributed by atoms with E-state index >= 15 is 0 Å². The number of pyridine rings is 1. The zero-order valence-electron chi connectivity index (χ0n) is 10.4. The van der Waals surface area contributed by atoms with Gasteiger partial charge in [-0.15, -0.1) is 0 Å². The number of hydrogen-bond acceptors (Lipinski definition) is 4. The Morgan fingerprint density at radius 2 is 2.28 bits per heavy atom. The molecule has 2 rings (SSSR count). The average Bonchev–Trinajstić information content (AvgIpc) is 2.88. The molecule has 18 heavy (non-hydrogen) atoms. The molecule has 4 nitrogen and oxygen atoms in total. The normalized spacial score (nSPS) is 15.8. The summed E-state index contributed by atoms with van der Waals surface area (Å²) in [5, 5.41) is 3.28. The summed E-state index contributed by atoms with van der Waals surface area (Å²) in [6, 6.07) is 3.76. The van der Waals surface area contributed by atoms with Crippen LogP contribution in [0.1, 0.15) is 31.4 Å². The number of hydrogen-bond donors (Lipinski definition) is 2. The predicted octanol–water partition coefficient (Wildman–Crippen LogP) is 2.09. The highest BCUT2D eigenvalue weighted by Crippen LogP contribution is 2.20. The molecule has 0 bridgehead atoms. The Hall–Kier alpha value is -1.20. The molecule has 1 aliphatic rings. The van der Waals surface area contributed by atoms with Gasteiger partial charge < -0.3 is 15.8 Å². The summed E-state index contributed by atoms with van der Waals surface area (Å²) in [5.74, 6) is 0. The SMILES string of the molecule is NC(=S)c1cc(NCCOC2CCCC2)ccn1. The van der Waals surface area contributed by atoms with Gasteiger partial charge in [-0.2, -0.15) is 0 Å². The summed E-state index contributed by atoms with van der Waals surface area (Å²) in [7, 11) is 0. The molecule has 98 valence electrons. The lowest BCUT2D eigenvalue weighted by atomic mass is 10.3. The van der Waals surface area contributed by atoms with Crippen LogP contribution in [-0.4, -0.2) is 29.2 Å². The third kappa shape index (κ3) is 3.92. The van der Waals surface area contributed by atoms with E-state index in [9.17, 15) is 0 Å². The Morgan fingerprint density at radius 1 is 1.50 bits per heavy atom. The van der Waals surface area contributed by atoms with Crippen LogP contribution in [0.15, 0.2) is 18.3 Å². The highest BCUT2D eigenvalue weighted by atomic mass is 32.1. The molecule has 1 heterocycles. The maximum atomic E-state index is 5.77. The van der Waals surface area contributed by atoms with Gasteiger partial charge in [-0.25, -0.2) is 0 Å². The molecule has 0 aromatic carbocycles. The summed E-state index contributed by atoms with van der Waals surface area (Å²) in [4.78, 5) is 4.41. The molecular formula is C13H19N3OS. The zero-order valence-corrected chi connectivity index (χ0v) is 11.2. The fourth-order valence-electron chi connectivity index (χ4n) is 2.15. The first kappa shape index (κ1) is 13.2. The number of ether oxygens (including phenoxy) is 1. The summed E-state index contributed by atoms with van der Waals surface area (Å²) >= 11 is 4.89. The summed E-state index contributed by atoms with van der Waals surface area (Å²) in [6.45, 7) is 1.52. The second-order valence-electron chi connectivity index (χ2n) is 4.50. The smallest absolute Gasteiger partial charge is 0.122 e. The van der Waals surface area contributed by atoms with Crippen molar-refractivity contribution in [2.75, 3.05) is 18.5 Å². The van der Waals surface area contributed by atoms with Gasteiger partial charge in [-0.3, -0.25) is 4.98 Å². The molecule has 0 saturated heterocycles. The van der Waals surface area contributed by atoms with Crippen LogP contribution >= 0.6 is 12.2 Å².